The average Bonchev–Trinajstić information content (AvgIpc) is 2.34. The van der Waals surface area contributed by atoms with Gasteiger partial charge in [-0.15, -0.1) is 0 Å². The van der Waals surface area contributed by atoms with Crippen molar-refractivity contribution in [3.63, 3.8) is 0 Å². The first-order chi connectivity index (χ1) is 9.11. The van der Waals surface area contributed by atoms with Crippen LogP contribution < -0.4 is 16.0 Å². The Morgan fingerprint density at radius 1 is 1.05 bits per heavy atom. The van der Waals surface area contributed by atoms with Gasteiger partial charge in [-0.05, 0) is 39.3 Å². The Kier molecular flexibility index (Phi) is 7.18. The van der Waals surface area contributed by atoms with Crippen LogP contribution in [0.2, 0.25) is 0 Å². The van der Waals surface area contributed by atoms with Crippen LogP contribution in [-0.4, -0.2) is 36.6 Å². The molecule has 0 bridgehead atoms. The molecular weight excluding hydrogens is 238 g/mol. The van der Waals surface area contributed by atoms with E-state index in [0.717, 1.165) is 49.9 Å². The fourth-order valence-corrected chi connectivity index (χ4v) is 1.72. The predicted molar refractivity (Wildman–Crippen MR) is 81.7 cm³/mol. The van der Waals surface area contributed by atoms with E-state index in [2.05, 4.69) is 39.8 Å². The summed E-state index contributed by atoms with van der Waals surface area (Å²) in [7, 11) is 1.96. The van der Waals surface area contributed by atoms with E-state index in [4.69, 9.17) is 0 Å². The van der Waals surface area contributed by atoms with Crippen LogP contribution in [0, 0.1) is 12.8 Å². The van der Waals surface area contributed by atoms with Gasteiger partial charge >= 0.3 is 0 Å². The number of aromatic nitrogens is 2. The minimum Gasteiger partial charge on any atom is -0.370 e. The van der Waals surface area contributed by atoms with Crippen molar-refractivity contribution in [3.8, 4) is 0 Å². The molecule has 0 aliphatic heterocycles. The third-order valence-electron chi connectivity index (χ3n) is 2.78. The van der Waals surface area contributed by atoms with Crippen molar-refractivity contribution in [2.24, 2.45) is 5.92 Å². The van der Waals surface area contributed by atoms with E-state index in [1.165, 1.54) is 0 Å². The Balaban J connectivity index is 2.46. The van der Waals surface area contributed by atoms with Crippen molar-refractivity contribution in [1.29, 1.82) is 0 Å². The Bertz CT molecular complexity index is 365. The summed E-state index contributed by atoms with van der Waals surface area (Å²) < 4.78 is 0. The third-order valence-corrected chi connectivity index (χ3v) is 2.78. The molecule has 108 valence electrons. The van der Waals surface area contributed by atoms with Crippen LogP contribution in [0.4, 0.5) is 11.6 Å². The molecule has 0 amide bonds. The van der Waals surface area contributed by atoms with Crippen LogP contribution in [0.5, 0.6) is 0 Å². The van der Waals surface area contributed by atoms with Crippen molar-refractivity contribution in [3.05, 3.63) is 11.9 Å². The SMILES string of the molecule is CNCCCNc1cc(NCCC(C)C)nc(C)n1. The predicted octanol–water partition coefficient (Wildman–Crippen LogP) is 2.26. The van der Waals surface area contributed by atoms with Crippen molar-refractivity contribution >= 4 is 11.6 Å². The Labute approximate surface area is 116 Å². The molecule has 0 radical (unpaired) electrons. The van der Waals surface area contributed by atoms with Gasteiger partial charge in [0.1, 0.15) is 17.5 Å². The zero-order chi connectivity index (χ0) is 14.1. The van der Waals surface area contributed by atoms with Crippen molar-refractivity contribution in [1.82, 2.24) is 15.3 Å². The summed E-state index contributed by atoms with van der Waals surface area (Å²) in [5, 5.41) is 9.81. The van der Waals surface area contributed by atoms with Crippen molar-refractivity contribution < 1.29 is 0 Å². The number of anilines is 2. The molecule has 5 heteroatoms. The number of nitrogens with zero attached hydrogens (tertiary/aromatic N) is 2. The Morgan fingerprint density at radius 2 is 1.68 bits per heavy atom. The van der Waals surface area contributed by atoms with Crippen LogP contribution >= 0.6 is 0 Å². The van der Waals surface area contributed by atoms with Gasteiger partial charge in [-0.2, -0.15) is 0 Å². The second kappa shape index (κ2) is 8.69. The average molecular weight is 265 g/mol. The summed E-state index contributed by atoms with van der Waals surface area (Å²) in [5.41, 5.74) is 0. The number of nitrogens with one attached hydrogen (secondary N) is 3. The molecular formula is C14H27N5. The summed E-state index contributed by atoms with van der Waals surface area (Å²) in [6, 6.07) is 1.98. The first kappa shape index (κ1) is 15.7. The van der Waals surface area contributed by atoms with Gasteiger partial charge in [-0.3, -0.25) is 0 Å². The minimum atomic E-state index is 0.703. The lowest BCUT2D eigenvalue weighted by Crippen LogP contribution is -2.14. The molecule has 1 heterocycles. The molecule has 0 fully saturated rings. The molecule has 0 spiro atoms. The second-order valence-corrected chi connectivity index (χ2v) is 5.18. The van der Waals surface area contributed by atoms with Gasteiger partial charge in [0.15, 0.2) is 0 Å². The third kappa shape index (κ3) is 6.96. The fraction of sp³-hybridized carbons (Fsp3) is 0.714. The summed E-state index contributed by atoms with van der Waals surface area (Å²) in [5.74, 6) is 3.31. The maximum absolute atomic E-state index is 4.40. The number of hydrogen-bond acceptors (Lipinski definition) is 5. The van der Waals surface area contributed by atoms with Gasteiger partial charge in [0.25, 0.3) is 0 Å². The van der Waals surface area contributed by atoms with Crippen LogP contribution in [0.1, 0.15) is 32.5 Å². The Morgan fingerprint density at radius 3 is 2.26 bits per heavy atom. The highest BCUT2D eigenvalue weighted by Crippen LogP contribution is 2.11. The highest BCUT2D eigenvalue weighted by atomic mass is 15.1. The highest BCUT2D eigenvalue weighted by Gasteiger charge is 2.02. The Hall–Kier alpha value is -1.36. The van der Waals surface area contributed by atoms with Crippen LogP contribution in [0.25, 0.3) is 0 Å². The molecule has 1 aromatic rings. The molecule has 1 rings (SSSR count). The maximum atomic E-state index is 4.40. The summed E-state index contributed by atoms with van der Waals surface area (Å²) in [4.78, 5) is 8.79. The molecule has 0 saturated carbocycles. The first-order valence-electron chi connectivity index (χ1n) is 7.10. The molecule has 0 saturated heterocycles. The van der Waals surface area contributed by atoms with E-state index < -0.39 is 0 Å². The van der Waals surface area contributed by atoms with Crippen LogP contribution in [0.3, 0.4) is 0 Å². The van der Waals surface area contributed by atoms with E-state index in [-0.39, 0.29) is 0 Å². The number of hydrogen-bond donors (Lipinski definition) is 3. The van der Waals surface area contributed by atoms with E-state index in [0.29, 0.717) is 5.92 Å². The lowest BCUT2D eigenvalue weighted by Gasteiger charge is -2.11. The normalized spacial score (nSPS) is 10.8. The number of rotatable bonds is 9. The molecule has 0 aliphatic rings. The first-order valence-corrected chi connectivity index (χ1v) is 7.10. The molecule has 3 N–H and O–H groups in total. The monoisotopic (exact) mass is 265 g/mol. The summed E-state index contributed by atoms with van der Waals surface area (Å²) in [6.45, 7) is 9.25. The quantitative estimate of drug-likeness (QED) is 0.598. The second-order valence-electron chi connectivity index (χ2n) is 5.18. The van der Waals surface area contributed by atoms with Crippen LogP contribution in [0.15, 0.2) is 6.07 Å². The maximum Gasteiger partial charge on any atom is 0.131 e. The molecule has 0 aromatic carbocycles. The van der Waals surface area contributed by atoms with Crippen molar-refractivity contribution in [2.75, 3.05) is 37.3 Å². The largest absolute Gasteiger partial charge is 0.370 e. The molecule has 19 heavy (non-hydrogen) atoms. The lowest BCUT2D eigenvalue weighted by atomic mass is 10.1. The lowest BCUT2D eigenvalue weighted by molar-refractivity contribution is 0.606. The smallest absolute Gasteiger partial charge is 0.131 e. The van der Waals surface area contributed by atoms with Gasteiger partial charge in [0.2, 0.25) is 0 Å². The highest BCUT2D eigenvalue weighted by molar-refractivity contribution is 5.47. The number of aryl methyl sites for hydroxylation is 1. The standard InChI is InChI=1S/C14H27N5/c1-11(2)6-9-17-14-10-13(18-12(3)19-14)16-8-5-7-15-4/h10-11,15H,5-9H2,1-4H3,(H2,16,17,18,19). The summed E-state index contributed by atoms with van der Waals surface area (Å²) in [6.07, 6.45) is 2.23. The minimum absolute atomic E-state index is 0.703. The molecule has 0 atom stereocenters. The van der Waals surface area contributed by atoms with Crippen LogP contribution in [-0.2, 0) is 0 Å². The van der Waals surface area contributed by atoms with Gasteiger partial charge in [-0.1, -0.05) is 13.8 Å². The molecule has 0 unspecified atom stereocenters. The van der Waals surface area contributed by atoms with E-state index in [1.54, 1.807) is 0 Å². The zero-order valence-electron chi connectivity index (χ0n) is 12.6. The van der Waals surface area contributed by atoms with Gasteiger partial charge in [0, 0.05) is 19.2 Å². The fourth-order valence-electron chi connectivity index (χ4n) is 1.72. The van der Waals surface area contributed by atoms with E-state index in [1.807, 2.05) is 20.0 Å². The molecule has 0 aliphatic carbocycles. The topological polar surface area (TPSA) is 61.9 Å². The van der Waals surface area contributed by atoms with E-state index in [9.17, 15) is 0 Å². The zero-order valence-corrected chi connectivity index (χ0v) is 12.6. The molecule has 1 aromatic heterocycles. The van der Waals surface area contributed by atoms with Gasteiger partial charge in [-0.25, -0.2) is 9.97 Å². The van der Waals surface area contributed by atoms with Crippen molar-refractivity contribution in [2.45, 2.75) is 33.6 Å². The molecule has 5 nitrogen and oxygen atoms in total. The van der Waals surface area contributed by atoms with Gasteiger partial charge in [0.05, 0.1) is 0 Å². The van der Waals surface area contributed by atoms with Gasteiger partial charge < -0.3 is 16.0 Å². The van der Waals surface area contributed by atoms with E-state index >= 15 is 0 Å². The summed E-state index contributed by atoms with van der Waals surface area (Å²) >= 11 is 0.